The van der Waals surface area contributed by atoms with E-state index < -0.39 is 0 Å². The summed E-state index contributed by atoms with van der Waals surface area (Å²) in [6.45, 7) is 5.55. The second-order valence-corrected chi connectivity index (χ2v) is 9.28. The average molecular weight is 441 g/mol. The molecule has 5 aromatic rings. The van der Waals surface area contributed by atoms with Gasteiger partial charge >= 0.3 is 0 Å². The minimum Gasteiger partial charge on any atom is -0.494 e. The topological polar surface area (TPSA) is 70.4 Å². The molecule has 5 heteroatoms. The number of aromatic amines is 1. The Balaban J connectivity index is 1.73. The van der Waals surface area contributed by atoms with Crippen LogP contribution in [0.1, 0.15) is 37.0 Å². The molecule has 0 unspecified atom stereocenters. The molecule has 0 aliphatic heterocycles. The van der Waals surface area contributed by atoms with E-state index >= 15 is 0 Å². The summed E-state index contributed by atoms with van der Waals surface area (Å²) >= 11 is 0. The normalized spacial score (nSPS) is 13.0. The van der Waals surface area contributed by atoms with Crippen LogP contribution < -0.4 is 0 Å². The maximum Gasteiger partial charge on any atom is 0.197 e. The molecule has 1 aliphatic rings. The SMILES string of the molecule is CC(C)OCc1ccc2c(c1)c1c3c[nH]c(O)c3c3c(c1n2CCCO)Cc1ccccc1-3. The first-order chi connectivity index (χ1) is 16.1. The molecule has 2 aromatic heterocycles. The standard InChI is InChI=1S/C28H28N2O3/c1-16(2)33-15-17-8-9-23-20(12-17)25-22-14-29-28(32)26(22)24-19-7-4-3-6-18(19)13-21(24)27(25)30(23)10-5-11-31/h3-4,6-9,12,14,16,29,31-32H,5,10-11,13,15H2,1-2H3. The van der Waals surface area contributed by atoms with Crippen molar-refractivity contribution in [1.29, 1.82) is 0 Å². The molecular weight excluding hydrogens is 412 g/mol. The second kappa shape index (κ2) is 7.65. The molecule has 6 rings (SSSR count). The van der Waals surface area contributed by atoms with Crippen LogP contribution >= 0.6 is 0 Å². The predicted octanol–water partition coefficient (Wildman–Crippen LogP) is 5.86. The van der Waals surface area contributed by atoms with E-state index in [4.69, 9.17) is 4.74 Å². The number of hydrogen-bond acceptors (Lipinski definition) is 3. The number of benzene rings is 3. The summed E-state index contributed by atoms with van der Waals surface area (Å²) in [7, 11) is 0. The van der Waals surface area contributed by atoms with Crippen molar-refractivity contribution in [1.82, 2.24) is 9.55 Å². The van der Waals surface area contributed by atoms with Gasteiger partial charge in [-0.3, -0.25) is 0 Å². The van der Waals surface area contributed by atoms with Gasteiger partial charge in [0, 0.05) is 53.0 Å². The fourth-order valence-electron chi connectivity index (χ4n) is 5.51. The summed E-state index contributed by atoms with van der Waals surface area (Å²) in [6.07, 6.45) is 3.62. The van der Waals surface area contributed by atoms with Crippen LogP contribution in [0.5, 0.6) is 5.88 Å². The number of hydrogen-bond donors (Lipinski definition) is 3. The van der Waals surface area contributed by atoms with Gasteiger partial charge in [0.25, 0.3) is 0 Å². The van der Waals surface area contributed by atoms with Crippen LogP contribution in [0.2, 0.25) is 0 Å². The van der Waals surface area contributed by atoms with Crippen molar-refractivity contribution in [2.45, 2.75) is 45.9 Å². The number of aryl methyl sites for hydroxylation is 1. The molecule has 2 heterocycles. The Morgan fingerprint density at radius 2 is 1.94 bits per heavy atom. The van der Waals surface area contributed by atoms with Gasteiger partial charge in [0.15, 0.2) is 5.88 Å². The van der Waals surface area contributed by atoms with Crippen molar-refractivity contribution in [3.05, 3.63) is 65.4 Å². The van der Waals surface area contributed by atoms with Gasteiger partial charge in [-0.2, -0.15) is 0 Å². The molecule has 0 atom stereocenters. The Morgan fingerprint density at radius 3 is 2.76 bits per heavy atom. The number of ether oxygens (including phenoxy) is 1. The van der Waals surface area contributed by atoms with Gasteiger partial charge in [-0.1, -0.05) is 30.3 Å². The van der Waals surface area contributed by atoms with Crippen LogP contribution in [0, 0.1) is 0 Å². The monoisotopic (exact) mass is 440 g/mol. The van der Waals surface area contributed by atoms with Gasteiger partial charge in [-0.05, 0) is 54.7 Å². The minimum absolute atomic E-state index is 0.150. The Labute approximate surface area is 192 Å². The van der Waals surface area contributed by atoms with Crippen LogP contribution in [-0.4, -0.2) is 32.5 Å². The van der Waals surface area contributed by atoms with Crippen LogP contribution in [-0.2, 0) is 24.3 Å². The molecule has 5 nitrogen and oxygen atoms in total. The van der Waals surface area contributed by atoms with E-state index in [1.807, 2.05) is 20.0 Å². The van der Waals surface area contributed by atoms with E-state index in [2.05, 4.69) is 52.0 Å². The molecule has 33 heavy (non-hydrogen) atoms. The second-order valence-electron chi connectivity index (χ2n) is 9.28. The maximum absolute atomic E-state index is 10.9. The molecule has 1 aliphatic carbocycles. The lowest BCUT2D eigenvalue weighted by molar-refractivity contribution is 0.0658. The number of H-pyrrole nitrogens is 1. The molecule has 168 valence electrons. The third-order valence-electron chi connectivity index (χ3n) is 6.87. The summed E-state index contributed by atoms with van der Waals surface area (Å²) in [4.78, 5) is 3.08. The van der Waals surface area contributed by atoms with E-state index in [1.165, 1.54) is 22.2 Å². The van der Waals surface area contributed by atoms with Gasteiger partial charge < -0.3 is 24.5 Å². The highest BCUT2D eigenvalue weighted by molar-refractivity contribution is 6.27. The number of aliphatic hydroxyl groups excluding tert-OH is 1. The summed E-state index contributed by atoms with van der Waals surface area (Å²) in [5.41, 5.74) is 8.35. The van der Waals surface area contributed by atoms with Gasteiger partial charge in [-0.25, -0.2) is 0 Å². The summed E-state index contributed by atoms with van der Waals surface area (Å²) in [6, 6.07) is 15.0. The number of nitrogens with one attached hydrogen (secondary N) is 1. The Morgan fingerprint density at radius 1 is 1.09 bits per heavy atom. The minimum atomic E-state index is 0.150. The lowest BCUT2D eigenvalue weighted by atomic mass is 9.96. The van der Waals surface area contributed by atoms with E-state index in [9.17, 15) is 10.2 Å². The number of aromatic hydroxyl groups is 1. The van der Waals surface area contributed by atoms with Gasteiger partial charge in [0.1, 0.15) is 0 Å². The highest BCUT2D eigenvalue weighted by atomic mass is 16.5. The first kappa shape index (κ1) is 20.3. The van der Waals surface area contributed by atoms with Gasteiger partial charge in [-0.15, -0.1) is 0 Å². The smallest absolute Gasteiger partial charge is 0.197 e. The van der Waals surface area contributed by atoms with Crippen LogP contribution in [0.4, 0.5) is 0 Å². The summed E-state index contributed by atoms with van der Waals surface area (Å²) in [5.74, 6) is 0.218. The Kier molecular flexibility index (Phi) is 4.71. The highest BCUT2D eigenvalue weighted by Gasteiger charge is 2.29. The molecule has 0 spiro atoms. The molecule has 0 fully saturated rings. The van der Waals surface area contributed by atoms with Gasteiger partial charge in [0.2, 0.25) is 0 Å². The highest BCUT2D eigenvalue weighted by Crippen LogP contribution is 2.50. The molecule has 0 radical (unpaired) electrons. The number of aromatic nitrogens is 2. The predicted molar refractivity (Wildman–Crippen MR) is 133 cm³/mol. The number of nitrogens with zero attached hydrogens (tertiary/aromatic N) is 1. The molecule has 0 saturated heterocycles. The van der Waals surface area contributed by atoms with Crippen molar-refractivity contribution in [2.75, 3.05) is 6.61 Å². The fourth-order valence-corrected chi connectivity index (χ4v) is 5.51. The third kappa shape index (κ3) is 3.00. The number of rotatable bonds is 6. The van der Waals surface area contributed by atoms with Crippen LogP contribution in [0.25, 0.3) is 43.7 Å². The lowest BCUT2D eigenvalue weighted by Crippen LogP contribution is -2.03. The Bertz CT molecular complexity index is 1520. The van der Waals surface area contributed by atoms with Crippen molar-refractivity contribution >= 4 is 32.6 Å². The summed E-state index contributed by atoms with van der Waals surface area (Å²) < 4.78 is 8.25. The molecular formula is C28H28N2O3. The Hall–Kier alpha value is -3.28. The van der Waals surface area contributed by atoms with E-state index in [0.29, 0.717) is 13.0 Å². The third-order valence-corrected chi connectivity index (χ3v) is 6.87. The van der Waals surface area contributed by atoms with E-state index in [-0.39, 0.29) is 18.6 Å². The molecule has 0 saturated carbocycles. The number of fused-ring (bicyclic) bond motifs is 10. The van der Waals surface area contributed by atoms with Crippen molar-refractivity contribution < 1.29 is 14.9 Å². The zero-order valence-corrected chi connectivity index (χ0v) is 19.0. The number of aliphatic hydroxyl groups is 1. The molecule has 0 amide bonds. The zero-order valence-electron chi connectivity index (χ0n) is 19.0. The van der Waals surface area contributed by atoms with Crippen molar-refractivity contribution in [2.24, 2.45) is 0 Å². The largest absolute Gasteiger partial charge is 0.494 e. The van der Waals surface area contributed by atoms with Crippen molar-refractivity contribution in [3.63, 3.8) is 0 Å². The van der Waals surface area contributed by atoms with Crippen LogP contribution in [0.3, 0.4) is 0 Å². The molecule has 3 N–H and O–H groups in total. The maximum atomic E-state index is 10.9. The van der Waals surface area contributed by atoms with Gasteiger partial charge in [0.05, 0.1) is 23.6 Å². The summed E-state index contributed by atoms with van der Waals surface area (Å²) in [5, 5.41) is 24.7. The van der Waals surface area contributed by atoms with Crippen molar-refractivity contribution in [3.8, 4) is 17.0 Å². The average Bonchev–Trinajstić information content (AvgIpc) is 3.47. The first-order valence-electron chi connectivity index (χ1n) is 11.7. The lowest BCUT2D eigenvalue weighted by Gasteiger charge is -2.12. The fraction of sp³-hybridized carbons (Fsp3) is 0.286. The zero-order chi connectivity index (χ0) is 22.7. The molecule has 0 bridgehead atoms. The first-order valence-corrected chi connectivity index (χ1v) is 11.7. The van der Waals surface area contributed by atoms with E-state index in [1.54, 1.807) is 0 Å². The van der Waals surface area contributed by atoms with E-state index in [0.717, 1.165) is 51.2 Å². The van der Waals surface area contributed by atoms with Crippen LogP contribution in [0.15, 0.2) is 48.7 Å². The molecule has 3 aromatic carbocycles. The quantitative estimate of drug-likeness (QED) is 0.304.